The van der Waals surface area contributed by atoms with Gasteiger partial charge >= 0.3 is 0 Å². The third-order valence-corrected chi connectivity index (χ3v) is 8.50. The first-order valence-electron chi connectivity index (χ1n) is 11.0. The van der Waals surface area contributed by atoms with Crippen LogP contribution < -0.4 is 14.4 Å². The molecule has 9 heteroatoms. The highest BCUT2D eigenvalue weighted by Gasteiger charge is 2.27. The normalized spacial score (nSPS) is 11.2. The number of amides is 1. The summed E-state index contributed by atoms with van der Waals surface area (Å²) in [4.78, 5) is 12.9. The minimum absolute atomic E-state index is 0.0941. The number of methoxy groups -OCH3 is 1. The van der Waals surface area contributed by atoms with Gasteiger partial charge in [0.15, 0.2) is 0 Å². The Hall–Kier alpha value is -2.68. The van der Waals surface area contributed by atoms with Gasteiger partial charge in [0.05, 0.1) is 22.7 Å². The molecule has 0 radical (unpaired) electrons. The summed E-state index contributed by atoms with van der Waals surface area (Å²) in [6.07, 6.45) is 0. The van der Waals surface area contributed by atoms with Crippen LogP contribution in [0.2, 0.25) is 5.02 Å². The SMILES string of the molecule is COc1ccc(N(CC(=O)NCCSCc2ccccc2C)S(=O)(=O)c2ccc(C)cc2)cc1Cl. The Morgan fingerprint density at radius 2 is 1.77 bits per heavy atom. The van der Waals surface area contributed by atoms with E-state index in [-0.39, 0.29) is 22.2 Å². The maximum atomic E-state index is 13.5. The van der Waals surface area contributed by atoms with Crippen LogP contribution in [-0.4, -0.2) is 40.3 Å². The number of aryl methyl sites for hydroxylation is 2. The van der Waals surface area contributed by atoms with Crippen molar-refractivity contribution in [2.75, 3.05) is 30.3 Å². The summed E-state index contributed by atoms with van der Waals surface area (Å²) < 4.78 is 33.2. The Bertz CT molecular complexity index is 1260. The second-order valence-electron chi connectivity index (χ2n) is 7.97. The molecule has 0 aliphatic carbocycles. The van der Waals surface area contributed by atoms with E-state index in [0.29, 0.717) is 18.0 Å². The van der Waals surface area contributed by atoms with Gasteiger partial charge in [0.1, 0.15) is 12.3 Å². The van der Waals surface area contributed by atoms with Gasteiger partial charge in [0, 0.05) is 18.1 Å². The highest BCUT2D eigenvalue weighted by atomic mass is 35.5. The molecule has 3 aromatic rings. The molecule has 35 heavy (non-hydrogen) atoms. The van der Waals surface area contributed by atoms with Crippen molar-refractivity contribution in [3.63, 3.8) is 0 Å². The fourth-order valence-electron chi connectivity index (χ4n) is 3.37. The van der Waals surface area contributed by atoms with Crippen molar-refractivity contribution in [2.24, 2.45) is 0 Å². The van der Waals surface area contributed by atoms with E-state index in [1.54, 1.807) is 36.0 Å². The molecule has 0 atom stereocenters. The molecule has 0 heterocycles. The molecule has 1 amide bonds. The van der Waals surface area contributed by atoms with Gasteiger partial charge < -0.3 is 10.1 Å². The van der Waals surface area contributed by atoms with Gasteiger partial charge in [-0.2, -0.15) is 11.8 Å². The Morgan fingerprint density at radius 1 is 1.06 bits per heavy atom. The predicted molar refractivity (Wildman–Crippen MR) is 144 cm³/mol. The van der Waals surface area contributed by atoms with Gasteiger partial charge in [0.25, 0.3) is 10.0 Å². The fourth-order valence-corrected chi connectivity index (χ4v) is 5.97. The van der Waals surface area contributed by atoms with Gasteiger partial charge in [0.2, 0.25) is 5.91 Å². The van der Waals surface area contributed by atoms with E-state index >= 15 is 0 Å². The molecule has 3 rings (SSSR count). The lowest BCUT2D eigenvalue weighted by Gasteiger charge is -2.24. The third-order valence-electron chi connectivity index (χ3n) is 5.41. The summed E-state index contributed by atoms with van der Waals surface area (Å²) in [6, 6.07) is 19.3. The molecular formula is C26H29ClN2O4S2. The van der Waals surface area contributed by atoms with Gasteiger partial charge in [-0.25, -0.2) is 8.42 Å². The summed E-state index contributed by atoms with van der Waals surface area (Å²) in [5.41, 5.74) is 3.71. The number of ether oxygens (including phenoxy) is 1. The Kier molecular flexibility index (Phi) is 9.48. The first-order valence-corrected chi connectivity index (χ1v) is 14.0. The number of sulfonamides is 1. The van der Waals surface area contributed by atoms with Crippen molar-refractivity contribution < 1.29 is 17.9 Å². The van der Waals surface area contributed by atoms with Crippen molar-refractivity contribution in [3.05, 3.63) is 88.4 Å². The molecule has 0 saturated heterocycles. The number of carbonyl (C=O) groups excluding carboxylic acids is 1. The standard InChI is InChI=1S/C26H29ClN2O4S2/c1-19-8-11-23(12-9-19)35(31,32)29(22-10-13-25(33-3)24(27)16-22)17-26(30)28-14-15-34-18-21-7-5-4-6-20(21)2/h4-13,16H,14-15,17-18H2,1-3H3,(H,28,30). The smallest absolute Gasteiger partial charge is 0.264 e. The monoisotopic (exact) mass is 532 g/mol. The minimum Gasteiger partial charge on any atom is -0.495 e. The highest BCUT2D eigenvalue weighted by Crippen LogP contribution is 2.32. The van der Waals surface area contributed by atoms with Gasteiger partial charge in [-0.3, -0.25) is 9.10 Å². The van der Waals surface area contributed by atoms with E-state index in [4.69, 9.17) is 16.3 Å². The number of thioether (sulfide) groups is 1. The maximum absolute atomic E-state index is 13.5. The average molecular weight is 533 g/mol. The molecule has 0 aromatic heterocycles. The average Bonchev–Trinajstić information content (AvgIpc) is 2.83. The number of hydrogen-bond acceptors (Lipinski definition) is 5. The molecule has 0 aliphatic heterocycles. The van der Waals surface area contributed by atoms with Crippen LogP contribution in [0.25, 0.3) is 0 Å². The topological polar surface area (TPSA) is 75.7 Å². The van der Waals surface area contributed by atoms with Crippen LogP contribution in [0, 0.1) is 13.8 Å². The van der Waals surface area contributed by atoms with Crippen molar-refractivity contribution in [1.82, 2.24) is 5.32 Å². The number of hydrogen-bond donors (Lipinski definition) is 1. The quantitative estimate of drug-likeness (QED) is 0.343. The molecule has 0 saturated carbocycles. The molecule has 0 bridgehead atoms. The molecule has 6 nitrogen and oxygen atoms in total. The van der Waals surface area contributed by atoms with Crippen molar-refractivity contribution in [1.29, 1.82) is 0 Å². The Morgan fingerprint density at radius 3 is 2.43 bits per heavy atom. The van der Waals surface area contributed by atoms with Crippen molar-refractivity contribution in [2.45, 2.75) is 24.5 Å². The molecule has 0 spiro atoms. The molecule has 0 unspecified atom stereocenters. The molecule has 0 fully saturated rings. The Labute approximate surface area is 216 Å². The highest BCUT2D eigenvalue weighted by molar-refractivity contribution is 7.98. The Balaban J connectivity index is 1.70. The zero-order valence-electron chi connectivity index (χ0n) is 20.0. The summed E-state index contributed by atoms with van der Waals surface area (Å²) in [6.45, 7) is 4.01. The van der Waals surface area contributed by atoms with E-state index in [0.717, 1.165) is 15.6 Å². The third kappa shape index (κ3) is 7.16. The number of anilines is 1. The second-order valence-corrected chi connectivity index (χ2v) is 11.3. The van der Waals surface area contributed by atoms with Crippen LogP contribution in [0.15, 0.2) is 71.6 Å². The number of carbonyl (C=O) groups is 1. The summed E-state index contributed by atoms with van der Waals surface area (Å²) in [5.74, 6) is 1.57. The minimum atomic E-state index is -4.01. The van der Waals surface area contributed by atoms with Crippen molar-refractivity contribution >= 4 is 45.0 Å². The molecule has 186 valence electrons. The lowest BCUT2D eigenvalue weighted by molar-refractivity contribution is -0.119. The maximum Gasteiger partial charge on any atom is 0.264 e. The van der Waals surface area contributed by atoms with Gasteiger partial charge in [-0.15, -0.1) is 0 Å². The summed E-state index contributed by atoms with van der Waals surface area (Å²) >= 11 is 7.97. The van der Waals surface area contributed by atoms with E-state index < -0.39 is 15.9 Å². The van der Waals surface area contributed by atoms with E-state index in [9.17, 15) is 13.2 Å². The van der Waals surface area contributed by atoms with Crippen LogP contribution in [0.4, 0.5) is 5.69 Å². The fraction of sp³-hybridized carbons (Fsp3) is 0.269. The molecular weight excluding hydrogens is 504 g/mol. The molecule has 3 aromatic carbocycles. The molecule has 1 N–H and O–H groups in total. The zero-order chi connectivity index (χ0) is 25.4. The number of benzene rings is 3. The van der Waals surface area contributed by atoms with E-state index in [1.807, 2.05) is 19.1 Å². The van der Waals surface area contributed by atoms with Crippen LogP contribution in [0.1, 0.15) is 16.7 Å². The summed E-state index contributed by atoms with van der Waals surface area (Å²) in [5, 5.41) is 3.08. The number of nitrogens with one attached hydrogen (secondary N) is 1. The lowest BCUT2D eigenvalue weighted by Crippen LogP contribution is -2.41. The van der Waals surface area contributed by atoms with Crippen molar-refractivity contribution in [3.8, 4) is 5.75 Å². The van der Waals surface area contributed by atoms with E-state index in [1.165, 1.54) is 36.4 Å². The van der Waals surface area contributed by atoms with Crippen LogP contribution in [0.5, 0.6) is 5.75 Å². The number of rotatable bonds is 11. The second kappa shape index (κ2) is 12.3. The van der Waals surface area contributed by atoms with Gasteiger partial charge in [-0.05, 0) is 55.3 Å². The largest absolute Gasteiger partial charge is 0.495 e. The van der Waals surface area contributed by atoms with Gasteiger partial charge in [-0.1, -0.05) is 53.6 Å². The lowest BCUT2D eigenvalue weighted by atomic mass is 10.1. The first kappa shape index (κ1) is 26.9. The number of halogens is 1. The van der Waals surface area contributed by atoms with Crippen LogP contribution in [0.3, 0.4) is 0 Å². The predicted octanol–water partition coefficient (Wildman–Crippen LogP) is 5.21. The van der Waals surface area contributed by atoms with E-state index in [2.05, 4.69) is 24.4 Å². The summed E-state index contributed by atoms with van der Waals surface area (Å²) in [7, 11) is -2.53. The molecule has 0 aliphatic rings. The zero-order valence-corrected chi connectivity index (χ0v) is 22.3. The first-order chi connectivity index (χ1) is 16.7. The van der Waals surface area contributed by atoms with Crippen LogP contribution >= 0.6 is 23.4 Å². The van der Waals surface area contributed by atoms with Crippen LogP contribution in [-0.2, 0) is 20.6 Å². The number of nitrogens with zero attached hydrogens (tertiary/aromatic N) is 1.